The van der Waals surface area contributed by atoms with Crippen LogP contribution in [0.1, 0.15) is 43.0 Å². The number of Topliss-reactive ketones (excluding diaryl/α,β-unsaturated/α-hetero) is 1. The zero-order valence-electron chi connectivity index (χ0n) is 21.0. The first-order chi connectivity index (χ1) is 17.0. The zero-order valence-corrected chi connectivity index (χ0v) is 21.8. The number of halogens is 1. The van der Waals surface area contributed by atoms with E-state index in [1.165, 1.54) is 19.2 Å². The predicted molar refractivity (Wildman–Crippen MR) is 139 cm³/mol. The molecule has 0 radical (unpaired) electrons. The number of aryl methyl sites for hydroxylation is 1. The molecular formula is C28H31FNO5P. The Balaban J connectivity index is 2.12. The van der Waals surface area contributed by atoms with Crippen LogP contribution in [0.5, 0.6) is 0 Å². The fraction of sp³-hybridized carbons (Fsp3) is 0.321. The number of aromatic nitrogens is 1. The number of aliphatic carboxylic acids is 1. The Bertz CT molecular complexity index is 1310. The molecule has 36 heavy (non-hydrogen) atoms. The molecule has 0 spiro atoms. The summed E-state index contributed by atoms with van der Waals surface area (Å²) in [4.78, 5) is 28.0. The van der Waals surface area contributed by atoms with Crippen LogP contribution in [0.3, 0.4) is 0 Å². The topological polar surface area (TPSA) is 93.6 Å². The Hall–Kier alpha value is -3.15. The first-order valence-electron chi connectivity index (χ1n) is 11.8. The van der Waals surface area contributed by atoms with Gasteiger partial charge in [0.25, 0.3) is 0 Å². The van der Waals surface area contributed by atoms with Crippen molar-refractivity contribution in [3.8, 4) is 22.4 Å². The second kappa shape index (κ2) is 11.7. The van der Waals surface area contributed by atoms with E-state index < -0.39 is 31.7 Å². The maximum absolute atomic E-state index is 13.9. The number of nitrogens with zero attached hydrogens (tertiary/aromatic N) is 1. The highest BCUT2D eigenvalue weighted by Gasteiger charge is 2.28. The summed E-state index contributed by atoms with van der Waals surface area (Å²) in [5.41, 5.74) is 5.81. The van der Waals surface area contributed by atoms with Gasteiger partial charge in [0, 0.05) is 24.5 Å². The fourth-order valence-electron chi connectivity index (χ4n) is 4.27. The van der Waals surface area contributed by atoms with E-state index in [2.05, 4.69) is 0 Å². The highest BCUT2D eigenvalue weighted by Crippen LogP contribution is 2.47. The molecule has 0 amide bonds. The molecule has 0 saturated carbocycles. The number of rotatable bonds is 11. The number of hydrogen-bond donors (Lipinski definition) is 1. The lowest BCUT2D eigenvalue weighted by atomic mass is 9.89. The standard InChI is InChI=1S/C28H31FNO5P/c1-18(2)28-24(12-13-36(34,35-4)17-22(31)15-27(32)33)25(23-11-10-21(29)14-19(23)3)16-26(30-28)20-8-6-5-7-9-20/h5-11,14,16,18H,12-13,15,17H2,1-4H3,(H,32,33). The number of carboxylic acids is 1. The third-order valence-corrected chi connectivity index (χ3v) is 8.46. The van der Waals surface area contributed by atoms with Crippen LogP contribution >= 0.6 is 7.37 Å². The molecule has 1 N–H and O–H groups in total. The Morgan fingerprint density at radius 2 is 1.78 bits per heavy atom. The van der Waals surface area contributed by atoms with Gasteiger partial charge in [-0.05, 0) is 59.7 Å². The van der Waals surface area contributed by atoms with E-state index in [-0.39, 0.29) is 17.9 Å². The number of hydrogen-bond acceptors (Lipinski definition) is 5. The average Bonchev–Trinajstić information content (AvgIpc) is 2.82. The zero-order chi connectivity index (χ0) is 26.5. The van der Waals surface area contributed by atoms with Crippen LogP contribution in [0.2, 0.25) is 0 Å². The summed E-state index contributed by atoms with van der Waals surface area (Å²) in [5.74, 6) is -2.21. The van der Waals surface area contributed by atoms with Crippen LogP contribution in [-0.4, -0.2) is 41.3 Å². The van der Waals surface area contributed by atoms with Gasteiger partial charge < -0.3 is 9.63 Å². The largest absolute Gasteiger partial charge is 0.481 e. The number of carboxylic acid groups (broad SMARTS) is 1. The molecule has 3 rings (SSSR count). The Kier molecular flexibility index (Phi) is 8.93. The number of carbonyl (C=O) groups excluding carboxylic acids is 1. The van der Waals surface area contributed by atoms with Crippen LogP contribution in [0.25, 0.3) is 22.4 Å². The van der Waals surface area contributed by atoms with Gasteiger partial charge in [-0.2, -0.15) is 0 Å². The summed E-state index contributed by atoms with van der Waals surface area (Å²) in [6, 6.07) is 16.3. The summed E-state index contributed by atoms with van der Waals surface area (Å²) < 4.78 is 32.6. The second-order valence-corrected chi connectivity index (χ2v) is 11.9. The van der Waals surface area contributed by atoms with Gasteiger partial charge in [0.15, 0.2) is 5.78 Å². The quantitative estimate of drug-likeness (QED) is 0.233. The van der Waals surface area contributed by atoms with Gasteiger partial charge in [-0.15, -0.1) is 0 Å². The molecule has 0 aliphatic heterocycles. The molecule has 0 fully saturated rings. The van der Waals surface area contributed by atoms with Crippen molar-refractivity contribution < 1.29 is 28.2 Å². The van der Waals surface area contributed by atoms with Gasteiger partial charge in [0.2, 0.25) is 7.37 Å². The number of pyridine rings is 1. The molecule has 1 atom stereocenters. The van der Waals surface area contributed by atoms with E-state index in [4.69, 9.17) is 14.6 Å². The minimum absolute atomic E-state index is 0.0266. The van der Waals surface area contributed by atoms with E-state index in [1.54, 1.807) is 6.07 Å². The smallest absolute Gasteiger partial charge is 0.310 e. The molecule has 8 heteroatoms. The number of carbonyl (C=O) groups is 2. The van der Waals surface area contributed by atoms with Crippen molar-refractivity contribution in [2.24, 2.45) is 0 Å². The molecule has 3 aromatic rings. The Morgan fingerprint density at radius 3 is 2.36 bits per heavy atom. The molecule has 1 aromatic heterocycles. The van der Waals surface area contributed by atoms with Crippen LogP contribution in [0, 0.1) is 12.7 Å². The predicted octanol–water partition coefficient (Wildman–Crippen LogP) is 6.50. The van der Waals surface area contributed by atoms with Crippen molar-refractivity contribution in [2.45, 2.75) is 39.5 Å². The minimum atomic E-state index is -3.43. The van der Waals surface area contributed by atoms with Gasteiger partial charge in [-0.25, -0.2) is 4.39 Å². The van der Waals surface area contributed by atoms with Gasteiger partial charge in [-0.1, -0.05) is 50.2 Å². The molecule has 0 bridgehead atoms. The lowest BCUT2D eigenvalue weighted by Gasteiger charge is -2.22. The summed E-state index contributed by atoms with van der Waals surface area (Å²) in [7, 11) is -2.15. The summed E-state index contributed by atoms with van der Waals surface area (Å²) in [6.45, 7) is 5.88. The summed E-state index contributed by atoms with van der Waals surface area (Å²) in [5, 5.41) is 8.90. The highest BCUT2D eigenvalue weighted by atomic mass is 31.2. The lowest BCUT2D eigenvalue weighted by Crippen LogP contribution is -2.15. The van der Waals surface area contributed by atoms with Crippen LogP contribution in [-0.2, 0) is 25.1 Å². The molecule has 0 aliphatic carbocycles. The number of benzene rings is 2. The molecule has 2 aromatic carbocycles. The van der Waals surface area contributed by atoms with Gasteiger partial charge >= 0.3 is 5.97 Å². The summed E-state index contributed by atoms with van der Waals surface area (Å²) in [6.07, 6.45) is -0.785. The Labute approximate surface area is 211 Å². The van der Waals surface area contributed by atoms with Gasteiger partial charge in [0.1, 0.15) is 12.2 Å². The van der Waals surface area contributed by atoms with Crippen molar-refractivity contribution in [3.05, 3.63) is 77.2 Å². The van der Waals surface area contributed by atoms with Crippen LogP contribution in [0.15, 0.2) is 54.6 Å². The summed E-state index contributed by atoms with van der Waals surface area (Å²) >= 11 is 0. The number of ketones is 1. The SMILES string of the molecule is COP(=O)(CCc1c(-c2ccc(F)cc2C)cc(-c2ccccc2)nc1C(C)C)CC(=O)CC(=O)O. The first-order valence-corrected chi connectivity index (χ1v) is 13.8. The molecule has 6 nitrogen and oxygen atoms in total. The van der Waals surface area contributed by atoms with E-state index in [0.29, 0.717) is 6.42 Å². The highest BCUT2D eigenvalue weighted by molar-refractivity contribution is 7.59. The van der Waals surface area contributed by atoms with Crippen molar-refractivity contribution in [3.63, 3.8) is 0 Å². The van der Waals surface area contributed by atoms with Crippen molar-refractivity contribution in [1.82, 2.24) is 4.98 Å². The molecular weight excluding hydrogens is 480 g/mol. The van der Waals surface area contributed by atoms with Crippen molar-refractivity contribution >= 4 is 19.1 Å². The van der Waals surface area contributed by atoms with E-state index >= 15 is 0 Å². The minimum Gasteiger partial charge on any atom is -0.481 e. The van der Waals surface area contributed by atoms with Crippen LogP contribution in [0.4, 0.5) is 4.39 Å². The normalized spacial score (nSPS) is 12.9. The Morgan fingerprint density at radius 1 is 1.08 bits per heavy atom. The maximum Gasteiger partial charge on any atom is 0.310 e. The van der Waals surface area contributed by atoms with Gasteiger partial charge in [0.05, 0.1) is 11.9 Å². The van der Waals surface area contributed by atoms with Crippen molar-refractivity contribution in [2.75, 3.05) is 19.4 Å². The molecule has 1 heterocycles. The molecule has 190 valence electrons. The van der Waals surface area contributed by atoms with Gasteiger partial charge in [-0.3, -0.25) is 19.1 Å². The van der Waals surface area contributed by atoms with Crippen molar-refractivity contribution in [1.29, 1.82) is 0 Å². The first kappa shape index (κ1) is 27.4. The van der Waals surface area contributed by atoms with E-state index in [0.717, 1.165) is 39.2 Å². The van der Waals surface area contributed by atoms with E-state index in [9.17, 15) is 18.5 Å². The molecule has 1 unspecified atom stereocenters. The molecule has 0 aliphatic rings. The average molecular weight is 512 g/mol. The fourth-order valence-corrected chi connectivity index (χ4v) is 5.95. The second-order valence-electron chi connectivity index (χ2n) is 9.14. The third-order valence-electron chi connectivity index (χ3n) is 6.05. The monoisotopic (exact) mass is 511 g/mol. The van der Waals surface area contributed by atoms with E-state index in [1.807, 2.05) is 57.2 Å². The maximum atomic E-state index is 13.9. The lowest BCUT2D eigenvalue weighted by molar-refractivity contribution is -0.139. The third kappa shape index (κ3) is 6.74. The molecule has 0 saturated heterocycles. The van der Waals surface area contributed by atoms with Crippen LogP contribution < -0.4 is 0 Å².